The summed E-state index contributed by atoms with van der Waals surface area (Å²) in [4.78, 5) is 14.6. The summed E-state index contributed by atoms with van der Waals surface area (Å²) in [7, 11) is 0. The van der Waals surface area contributed by atoms with Crippen molar-refractivity contribution in [2.75, 3.05) is 25.0 Å². The van der Waals surface area contributed by atoms with Gasteiger partial charge < -0.3 is 10.6 Å². The fourth-order valence-corrected chi connectivity index (χ4v) is 5.05. The first-order chi connectivity index (χ1) is 14.6. The molecular formula is C24H30ClF2N3O. The Balaban J connectivity index is 0.00000272. The van der Waals surface area contributed by atoms with Crippen LogP contribution in [-0.4, -0.2) is 36.6 Å². The average molecular weight is 450 g/mol. The first-order valence-electron chi connectivity index (χ1n) is 10.9. The zero-order valence-corrected chi connectivity index (χ0v) is 18.3. The minimum Gasteiger partial charge on any atom is -0.338 e. The van der Waals surface area contributed by atoms with E-state index in [1.54, 1.807) is 24.3 Å². The molecule has 3 aliphatic rings. The van der Waals surface area contributed by atoms with Gasteiger partial charge in [-0.05, 0) is 85.9 Å². The summed E-state index contributed by atoms with van der Waals surface area (Å²) in [6.07, 6.45) is 5.70. The van der Waals surface area contributed by atoms with E-state index in [1.807, 2.05) is 12.1 Å². The van der Waals surface area contributed by atoms with Gasteiger partial charge in [-0.3, -0.25) is 4.90 Å². The standard InChI is InChI=1S/C24H29F2N3O.ClH/c25-20-5-2-17(3-6-20)14-19-15-18-4-11-23(19)29(16-18)13-1-12-27-24(30)28-22-9-7-21(26)8-10-22;/h2-3,5-10,18-19,23H,1,4,11-16H2,(H2,27,28,30);1H/t18-,19+,23+;/m1./s1. The maximum atomic E-state index is 13.2. The van der Waals surface area contributed by atoms with Crippen LogP contribution in [0.1, 0.15) is 31.2 Å². The first-order valence-corrected chi connectivity index (χ1v) is 10.9. The fourth-order valence-electron chi connectivity index (χ4n) is 5.05. The highest BCUT2D eigenvalue weighted by Crippen LogP contribution is 2.40. The minimum absolute atomic E-state index is 0. The number of carbonyl (C=O) groups excluding carboxylic acids is 1. The number of benzene rings is 2. The summed E-state index contributed by atoms with van der Waals surface area (Å²) >= 11 is 0. The van der Waals surface area contributed by atoms with E-state index in [0.717, 1.165) is 31.8 Å². The SMILES string of the molecule is Cl.O=C(NCCCN1C[C@@H]2CC[C@H]1[C@@H](Cc1ccc(F)cc1)C2)Nc1ccc(F)cc1. The molecule has 2 N–H and O–H groups in total. The molecule has 2 heterocycles. The van der Waals surface area contributed by atoms with Crippen molar-refractivity contribution in [3.05, 3.63) is 65.7 Å². The quantitative estimate of drug-likeness (QED) is 0.567. The van der Waals surface area contributed by atoms with Crippen molar-refractivity contribution in [3.8, 4) is 0 Å². The number of fused-ring (bicyclic) bond motifs is 3. The van der Waals surface area contributed by atoms with Gasteiger partial charge in [-0.25, -0.2) is 13.6 Å². The third-order valence-electron chi connectivity index (χ3n) is 6.43. The summed E-state index contributed by atoms with van der Waals surface area (Å²) < 4.78 is 26.1. The summed E-state index contributed by atoms with van der Waals surface area (Å²) in [5, 5.41) is 5.60. The second-order valence-corrected chi connectivity index (χ2v) is 8.57. The van der Waals surface area contributed by atoms with Crippen molar-refractivity contribution >= 4 is 24.1 Å². The molecular weight excluding hydrogens is 420 g/mol. The number of halogens is 3. The summed E-state index contributed by atoms with van der Waals surface area (Å²) in [6, 6.07) is 13.0. The number of rotatable bonds is 7. The Kier molecular flexibility index (Phi) is 8.27. The van der Waals surface area contributed by atoms with Crippen molar-refractivity contribution in [2.45, 2.75) is 38.1 Å². The molecule has 2 amide bonds. The van der Waals surface area contributed by atoms with E-state index >= 15 is 0 Å². The summed E-state index contributed by atoms with van der Waals surface area (Å²) in [6.45, 7) is 2.72. The molecule has 31 heavy (non-hydrogen) atoms. The van der Waals surface area contributed by atoms with E-state index in [4.69, 9.17) is 0 Å². The molecule has 0 aromatic heterocycles. The maximum absolute atomic E-state index is 13.2. The van der Waals surface area contributed by atoms with E-state index in [9.17, 15) is 13.6 Å². The molecule has 7 heteroatoms. The van der Waals surface area contributed by atoms with Gasteiger partial charge in [0.25, 0.3) is 0 Å². The molecule has 0 radical (unpaired) electrons. The number of anilines is 1. The lowest BCUT2D eigenvalue weighted by atomic mass is 9.70. The number of hydrogen-bond acceptors (Lipinski definition) is 2. The van der Waals surface area contributed by atoms with Crippen LogP contribution >= 0.6 is 12.4 Å². The summed E-state index contributed by atoms with van der Waals surface area (Å²) in [5.41, 5.74) is 1.79. The minimum atomic E-state index is -0.325. The molecule has 0 spiro atoms. The molecule has 5 rings (SSSR count). The lowest BCUT2D eigenvalue weighted by molar-refractivity contribution is 0.000976. The molecule has 2 saturated heterocycles. The van der Waals surface area contributed by atoms with Crippen LogP contribution in [0.25, 0.3) is 0 Å². The van der Waals surface area contributed by atoms with Crippen LogP contribution in [-0.2, 0) is 6.42 Å². The van der Waals surface area contributed by atoms with Crippen molar-refractivity contribution < 1.29 is 13.6 Å². The average Bonchev–Trinajstić information content (AvgIpc) is 2.75. The van der Waals surface area contributed by atoms with Gasteiger partial charge in [0.1, 0.15) is 11.6 Å². The molecule has 1 saturated carbocycles. The normalized spacial score (nSPS) is 22.6. The molecule has 2 aromatic carbocycles. The van der Waals surface area contributed by atoms with E-state index in [-0.39, 0.29) is 30.1 Å². The predicted molar refractivity (Wildman–Crippen MR) is 122 cm³/mol. The molecule has 0 unspecified atom stereocenters. The molecule has 2 aromatic rings. The van der Waals surface area contributed by atoms with Gasteiger partial charge in [0, 0.05) is 31.4 Å². The van der Waals surface area contributed by atoms with Crippen molar-refractivity contribution in [1.82, 2.24) is 10.2 Å². The highest BCUT2D eigenvalue weighted by atomic mass is 35.5. The van der Waals surface area contributed by atoms with Gasteiger partial charge in [-0.1, -0.05) is 12.1 Å². The second-order valence-electron chi connectivity index (χ2n) is 8.57. The number of nitrogens with zero attached hydrogens (tertiary/aromatic N) is 1. The molecule has 3 atom stereocenters. The van der Waals surface area contributed by atoms with Gasteiger partial charge in [0.2, 0.25) is 0 Å². The molecule has 1 aliphatic carbocycles. The Morgan fingerprint density at radius 1 is 1.00 bits per heavy atom. The van der Waals surface area contributed by atoms with Crippen LogP contribution < -0.4 is 10.6 Å². The largest absolute Gasteiger partial charge is 0.338 e. The third kappa shape index (κ3) is 6.40. The molecule has 2 bridgehead atoms. The Labute approximate surface area is 188 Å². The fraction of sp³-hybridized carbons (Fsp3) is 0.458. The van der Waals surface area contributed by atoms with Gasteiger partial charge in [-0.15, -0.1) is 12.4 Å². The van der Waals surface area contributed by atoms with Crippen LogP contribution in [0.4, 0.5) is 19.3 Å². The predicted octanol–water partition coefficient (Wildman–Crippen LogP) is 5.24. The topological polar surface area (TPSA) is 44.4 Å². The summed E-state index contributed by atoms with van der Waals surface area (Å²) in [5.74, 6) is 0.865. The Morgan fingerprint density at radius 2 is 1.68 bits per heavy atom. The molecule has 3 fully saturated rings. The van der Waals surface area contributed by atoms with Gasteiger partial charge in [-0.2, -0.15) is 0 Å². The van der Waals surface area contributed by atoms with Crippen LogP contribution in [0, 0.1) is 23.5 Å². The first kappa shape index (κ1) is 23.5. The highest BCUT2D eigenvalue weighted by Gasteiger charge is 2.40. The van der Waals surface area contributed by atoms with Crippen LogP contribution in [0.15, 0.2) is 48.5 Å². The monoisotopic (exact) mass is 449 g/mol. The second kappa shape index (κ2) is 10.9. The van der Waals surface area contributed by atoms with Gasteiger partial charge >= 0.3 is 6.03 Å². The maximum Gasteiger partial charge on any atom is 0.319 e. The number of nitrogens with one attached hydrogen (secondary N) is 2. The van der Waals surface area contributed by atoms with E-state index in [0.29, 0.717) is 24.2 Å². The highest BCUT2D eigenvalue weighted by molar-refractivity contribution is 5.89. The number of urea groups is 1. The molecule has 4 nitrogen and oxygen atoms in total. The van der Waals surface area contributed by atoms with Crippen molar-refractivity contribution in [3.63, 3.8) is 0 Å². The number of amides is 2. The molecule has 2 aliphatic heterocycles. The number of hydrogen-bond donors (Lipinski definition) is 2. The van der Waals surface area contributed by atoms with Crippen LogP contribution in [0.2, 0.25) is 0 Å². The number of carbonyl (C=O) groups is 1. The Bertz CT molecular complexity index is 847. The number of piperidine rings is 2. The lowest BCUT2D eigenvalue weighted by Gasteiger charge is -2.50. The van der Waals surface area contributed by atoms with Crippen molar-refractivity contribution in [1.29, 1.82) is 0 Å². The van der Waals surface area contributed by atoms with Crippen LogP contribution in [0.3, 0.4) is 0 Å². The zero-order chi connectivity index (χ0) is 20.9. The third-order valence-corrected chi connectivity index (χ3v) is 6.43. The van der Waals surface area contributed by atoms with Crippen LogP contribution in [0.5, 0.6) is 0 Å². The van der Waals surface area contributed by atoms with E-state index in [2.05, 4.69) is 15.5 Å². The smallest absolute Gasteiger partial charge is 0.319 e. The molecule has 168 valence electrons. The van der Waals surface area contributed by atoms with Gasteiger partial charge in [0.15, 0.2) is 0 Å². The lowest BCUT2D eigenvalue weighted by Crippen LogP contribution is -2.54. The Hall–Kier alpha value is -2.18. The van der Waals surface area contributed by atoms with Gasteiger partial charge in [0.05, 0.1) is 0 Å². The van der Waals surface area contributed by atoms with E-state index in [1.165, 1.54) is 37.0 Å². The van der Waals surface area contributed by atoms with E-state index < -0.39 is 0 Å². The Morgan fingerprint density at radius 3 is 2.35 bits per heavy atom. The van der Waals surface area contributed by atoms with Crippen molar-refractivity contribution in [2.24, 2.45) is 11.8 Å². The zero-order valence-electron chi connectivity index (χ0n) is 17.5.